The molecule has 0 aromatic heterocycles. The van der Waals surface area contributed by atoms with E-state index in [9.17, 15) is 13.2 Å². The Kier molecular flexibility index (Phi) is 7.43. The molecule has 32 heavy (non-hydrogen) atoms. The van der Waals surface area contributed by atoms with Crippen molar-refractivity contribution in [3.8, 4) is 5.75 Å². The molecule has 0 unspecified atom stereocenters. The van der Waals surface area contributed by atoms with Crippen LogP contribution in [0.4, 0.5) is 11.4 Å². The third-order valence-electron chi connectivity index (χ3n) is 4.58. The molecule has 1 N–H and O–H groups in total. The molecule has 6 nitrogen and oxygen atoms in total. The van der Waals surface area contributed by atoms with Crippen LogP contribution in [-0.4, -0.2) is 27.0 Å². The number of rotatable bonds is 8. The van der Waals surface area contributed by atoms with Gasteiger partial charge in [0, 0.05) is 10.7 Å². The molecule has 3 aromatic rings. The smallest absolute Gasteiger partial charge is 0.264 e. The van der Waals surface area contributed by atoms with Gasteiger partial charge >= 0.3 is 0 Å². The maximum absolute atomic E-state index is 13.4. The maximum atomic E-state index is 13.4. The van der Waals surface area contributed by atoms with E-state index in [1.807, 2.05) is 19.9 Å². The number of hydrogen-bond acceptors (Lipinski definition) is 4. The van der Waals surface area contributed by atoms with E-state index in [4.69, 9.17) is 16.3 Å². The predicted molar refractivity (Wildman–Crippen MR) is 128 cm³/mol. The minimum Gasteiger partial charge on any atom is -0.491 e. The van der Waals surface area contributed by atoms with Crippen molar-refractivity contribution in [2.45, 2.75) is 31.8 Å². The number of carbonyl (C=O) groups is 1. The van der Waals surface area contributed by atoms with Gasteiger partial charge in [0.2, 0.25) is 5.91 Å². The molecule has 8 heteroatoms. The molecule has 0 atom stereocenters. The summed E-state index contributed by atoms with van der Waals surface area (Å²) in [5, 5.41) is 3.18. The van der Waals surface area contributed by atoms with Gasteiger partial charge in [-0.25, -0.2) is 8.42 Å². The van der Waals surface area contributed by atoms with Crippen molar-refractivity contribution in [2.75, 3.05) is 16.2 Å². The average molecular weight is 473 g/mol. The Bertz CT molecular complexity index is 1180. The summed E-state index contributed by atoms with van der Waals surface area (Å²) in [6.45, 7) is 5.26. The van der Waals surface area contributed by atoms with Crippen LogP contribution in [0.15, 0.2) is 77.7 Å². The summed E-state index contributed by atoms with van der Waals surface area (Å²) in [6, 6.07) is 19.8. The van der Waals surface area contributed by atoms with Crippen molar-refractivity contribution in [1.82, 2.24) is 0 Å². The normalized spacial score (nSPS) is 11.3. The quantitative estimate of drug-likeness (QED) is 0.484. The zero-order valence-corrected chi connectivity index (χ0v) is 19.7. The first-order valence-electron chi connectivity index (χ1n) is 10.1. The molecule has 0 saturated carbocycles. The Morgan fingerprint density at radius 3 is 2.22 bits per heavy atom. The van der Waals surface area contributed by atoms with Crippen molar-refractivity contribution in [1.29, 1.82) is 0 Å². The first-order valence-corrected chi connectivity index (χ1v) is 11.9. The first kappa shape index (κ1) is 23.6. The number of halogens is 1. The molecule has 0 aliphatic heterocycles. The molecule has 0 bridgehead atoms. The number of sulfonamides is 1. The van der Waals surface area contributed by atoms with Crippen molar-refractivity contribution in [3.63, 3.8) is 0 Å². The summed E-state index contributed by atoms with van der Waals surface area (Å²) in [4.78, 5) is 12.9. The lowest BCUT2D eigenvalue weighted by molar-refractivity contribution is -0.114. The molecule has 168 valence electrons. The van der Waals surface area contributed by atoms with Gasteiger partial charge < -0.3 is 10.1 Å². The molecule has 0 aliphatic rings. The fraction of sp³-hybridized carbons (Fsp3) is 0.208. The second-order valence-corrected chi connectivity index (χ2v) is 9.79. The van der Waals surface area contributed by atoms with Crippen molar-refractivity contribution >= 4 is 38.9 Å². The molecule has 0 saturated heterocycles. The van der Waals surface area contributed by atoms with E-state index >= 15 is 0 Å². The SMILES string of the molecule is Cc1ccccc1N(CC(=O)Nc1ccc(OC(C)C)cc1)S(=O)(=O)c1ccc(Cl)cc1. The van der Waals surface area contributed by atoms with Crippen molar-refractivity contribution in [2.24, 2.45) is 0 Å². The number of para-hydroxylation sites is 1. The molecule has 1 amide bonds. The summed E-state index contributed by atoms with van der Waals surface area (Å²) in [5.41, 5.74) is 1.70. The topological polar surface area (TPSA) is 75.7 Å². The van der Waals surface area contributed by atoms with Crippen LogP contribution in [0.2, 0.25) is 5.02 Å². The third-order valence-corrected chi connectivity index (χ3v) is 6.61. The molecule has 0 fully saturated rings. The van der Waals surface area contributed by atoms with E-state index < -0.39 is 15.9 Å². The van der Waals surface area contributed by atoms with Gasteiger partial charge in [0.1, 0.15) is 12.3 Å². The molecule has 0 heterocycles. The van der Waals surface area contributed by atoms with Crippen molar-refractivity contribution < 1.29 is 17.9 Å². The van der Waals surface area contributed by atoms with Gasteiger partial charge in [0.05, 0.1) is 16.7 Å². The van der Waals surface area contributed by atoms with Gasteiger partial charge in [-0.15, -0.1) is 0 Å². The van der Waals surface area contributed by atoms with Crippen LogP contribution < -0.4 is 14.4 Å². The highest BCUT2D eigenvalue weighted by Gasteiger charge is 2.28. The van der Waals surface area contributed by atoms with Crippen LogP contribution in [0.25, 0.3) is 0 Å². The second kappa shape index (κ2) is 10.1. The van der Waals surface area contributed by atoms with E-state index in [-0.39, 0.29) is 17.5 Å². The maximum Gasteiger partial charge on any atom is 0.264 e. The molecule has 0 aliphatic carbocycles. The summed E-state index contributed by atoms with van der Waals surface area (Å²) in [5.74, 6) is 0.216. The minimum absolute atomic E-state index is 0.0381. The zero-order valence-electron chi connectivity index (χ0n) is 18.1. The van der Waals surface area contributed by atoms with E-state index in [1.165, 1.54) is 24.3 Å². The van der Waals surface area contributed by atoms with Gasteiger partial charge in [-0.1, -0.05) is 29.8 Å². The lowest BCUT2D eigenvalue weighted by Gasteiger charge is -2.25. The number of anilines is 2. The van der Waals surface area contributed by atoms with Crippen LogP contribution in [0.1, 0.15) is 19.4 Å². The lowest BCUT2D eigenvalue weighted by atomic mass is 10.2. The number of nitrogens with one attached hydrogen (secondary N) is 1. The highest BCUT2D eigenvalue weighted by atomic mass is 35.5. The number of ether oxygens (including phenoxy) is 1. The van der Waals surface area contributed by atoms with Gasteiger partial charge in [-0.3, -0.25) is 9.10 Å². The highest BCUT2D eigenvalue weighted by molar-refractivity contribution is 7.92. The third kappa shape index (κ3) is 5.81. The van der Waals surface area contributed by atoms with Crippen LogP contribution in [0, 0.1) is 6.92 Å². The highest BCUT2D eigenvalue weighted by Crippen LogP contribution is 2.27. The van der Waals surface area contributed by atoms with Crippen molar-refractivity contribution in [3.05, 3.63) is 83.4 Å². The number of aryl methyl sites for hydroxylation is 1. The number of amides is 1. The fourth-order valence-electron chi connectivity index (χ4n) is 3.10. The van der Waals surface area contributed by atoms with Gasteiger partial charge in [-0.2, -0.15) is 0 Å². The largest absolute Gasteiger partial charge is 0.491 e. The molecular weight excluding hydrogens is 448 g/mol. The van der Waals surface area contributed by atoms with E-state index in [0.29, 0.717) is 22.1 Å². The Balaban J connectivity index is 1.87. The number of benzene rings is 3. The summed E-state index contributed by atoms with van der Waals surface area (Å²) in [6.07, 6.45) is 0.0381. The lowest BCUT2D eigenvalue weighted by Crippen LogP contribution is -2.38. The first-order chi connectivity index (χ1) is 15.2. The number of carbonyl (C=O) groups excluding carboxylic acids is 1. The Labute approximate surface area is 193 Å². The summed E-state index contributed by atoms with van der Waals surface area (Å²) in [7, 11) is -4.01. The Morgan fingerprint density at radius 1 is 1.00 bits per heavy atom. The van der Waals surface area contributed by atoms with Gasteiger partial charge in [0.25, 0.3) is 10.0 Å². The summed E-state index contributed by atoms with van der Waals surface area (Å²) >= 11 is 5.92. The zero-order chi connectivity index (χ0) is 23.3. The molecule has 3 aromatic carbocycles. The fourth-order valence-corrected chi connectivity index (χ4v) is 4.71. The van der Waals surface area contributed by atoms with Gasteiger partial charge in [-0.05, 0) is 80.9 Å². The van der Waals surface area contributed by atoms with Crippen LogP contribution in [-0.2, 0) is 14.8 Å². The number of hydrogen-bond donors (Lipinski definition) is 1. The second-order valence-electron chi connectivity index (χ2n) is 7.49. The Hall–Kier alpha value is -3.03. The molecule has 3 rings (SSSR count). The molecule has 0 spiro atoms. The van der Waals surface area contributed by atoms with Gasteiger partial charge in [0.15, 0.2) is 0 Å². The average Bonchev–Trinajstić information content (AvgIpc) is 2.74. The van der Waals surface area contributed by atoms with E-state index in [2.05, 4.69) is 5.32 Å². The standard InChI is InChI=1S/C24H25ClN2O4S/c1-17(2)31-21-12-10-20(11-13-21)26-24(28)16-27(23-7-5-4-6-18(23)3)32(29,30)22-14-8-19(25)9-15-22/h4-15,17H,16H2,1-3H3,(H,26,28). The van der Waals surface area contributed by atoms with E-state index in [0.717, 1.165) is 9.87 Å². The number of nitrogens with zero attached hydrogens (tertiary/aromatic N) is 1. The van der Waals surface area contributed by atoms with Crippen LogP contribution >= 0.6 is 11.6 Å². The molecular formula is C24H25ClN2O4S. The van der Waals surface area contributed by atoms with Crippen LogP contribution in [0.5, 0.6) is 5.75 Å². The van der Waals surface area contributed by atoms with E-state index in [1.54, 1.807) is 49.4 Å². The van der Waals surface area contributed by atoms with Crippen LogP contribution in [0.3, 0.4) is 0 Å². The predicted octanol–water partition coefficient (Wildman–Crippen LogP) is 5.27. The Morgan fingerprint density at radius 2 is 1.62 bits per heavy atom. The summed E-state index contributed by atoms with van der Waals surface area (Å²) < 4.78 is 33.5. The minimum atomic E-state index is -4.01. The molecule has 0 radical (unpaired) electrons. The monoisotopic (exact) mass is 472 g/mol.